The van der Waals surface area contributed by atoms with Crippen molar-refractivity contribution in [3.8, 4) is 34.4 Å². The lowest BCUT2D eigenvalue weighted by molar-refractivity contribution is -0.0548. The topological polar surface area (TPSA) is 267 Å². The van der Waals surface area contributed by atoms with Crippen molar-refractivity contribution in [2.24, 2.45) is 0 Å². The summed E-state index contributed by atoms with van der Waals surface area (Å²) in [6.45, 7) is 15.0. The molecule has 0 amide bonds. The minimum absolute atomic E-state index is 0.0174. The molecule has 8 atom stereocenters. The first-order valence-electron chi connectivity index (χ1n) is 26.1. The van der Waals surface area contributed by atoms with Crippen LogP contribution in [0.3, 0.4) is 0 Å². The van der Waals surface area contributed by atoms with Gasteiger partial charge in [0.1, 0.15) is 58.2 Å². The maximum atomic E-state index is 13.7. The van der Waals surface area contributed by atoms with E-state index >= 15 is 0 Å². The molecule has 78 heavy (non-hydrogen) atoms. The number of nitrogens with one attached hydrogen (secondary N) is 2. The highest BCUT2D eigenvalue weighted by molar-refractivity contribution is 7.93. The Morgan fingerprint density at radius 3 is 1.23 bits per heavy atom. The lowest BCUT2D eigenvalue weighted by atomic mass is 10.1. The normalized spacial score (nSPS) is 21.3. The van der Waals surface area contributed by atoms with Gasteiger partial charge in [-0.15, -0.1) is 20.4 Å². The number of morpholine rings is 2. The van der Waals surface area contributed by atoms with Crippen LogP contribution in [-0.4, -0.2) is 167 Å². The first-order valence-corrected chi connectivity index (χ1v) is 29.2. The number of sulfonamides is 2. The van der Waals surface area contributed by atoms with E-state index in [0.717, 1.165) is 49.9 Å². The van der Waals surface area contributed by atoms with E-state index in [1.54, 1.807) is 126 Å². The van der Waals surface area contributed by atoms with E-state index in [1.807, 2.05) is 13.8 Å². The largest absolute Gasteiger partial charge is 0.494 e. The average Bonchev–Trinajstić information content (AvgIpc) is 4.34. The number of ether oxygens (including phenoxy) is 6. The van der Waals surface area contributed by atoms with E-state index in [2.05, 4.69) is 59.6 Å². The number of benzene rings is 2. The van der Waals surface area contributed by atoms with E-state index in [9.17, 15) is 16.8 Å². The Kier molecular flexibility index (Phi) is 17.1. The highest BCUT2D eigenvalue weighted by Gasteiger charge is 2.40. The van der Waals surface area contributed by atoms with Crippen molar-refractivity contribution in [1.29, 1.82) is 0 Å². The molecule has 4 aliphatic heterocycles. The SMILES string of the molecule is COc1cccc(OC)c1-n1c(NS(=O)(=O)[C@@H](C)[C@H](C)c2ncc(C)cn2)nnc1C1CN2CCC[C@H]2CO1.COc1cccc(OC)c1-n1c(NS(=O)(=O)[C@@H](C)[C@H](C)c2ncc(C)cn2)nnc1[C@H]1CN2CCC[C@@H]2CO1. The van der Waals surface area contributed by atoms with Gasteiger partial charge in [-0.3, -0.25) is 28.4 Å². The number of para-hydroxylation sites is 2. The van der Waals surface area contributed by atoms with E-state index in [4.69, 9.17) is 28.4 Å². The highest BCUT2D eigenvalue weighted by atomic mass is 32.2. The predicted octanol–water partition coefficient (Wildman–Crippen LogP) is 5.71. The number of hydrogen-bond acceptors (Lipinski definition) is 20. The van der Waals surface area contributed by atoms with Crippen LogP contribution in [0.15, 0.2) is 61.2 Å². The summed E-state index contributed by atoms with van der Waals surface area (Å²) in [6, 6.07) is 11.5. The average molecular weight is 1120 g/mol. The Bertz CT molecular complexity index is 3000. The molecule has 8 heterocycles. The minimum atomic E-state index is -3.96. The molecule has 0 bridgehead atoms. The van der Waals surface area contributed by atoms with Crippen molar-refractivity contribution < 1.29 is 45.3 Å². The minimum Gasteiger partial charge on any atom is -0.494 e. The standard InChI is InChI=1S/2C26H35N7O5S/c2*1-16-12-27-24(28-13-16)17(2)18(3)39(34,35)31-26-30-29-25(22-14-32-11-7-8-19(32)15-38-22)33(26)23-20(36-4)9-6-10-21(23)37-5/h2*6,9-10,12-13,17-19,22H,7-8,11,14-15H2,1-5H3,(H,30,31)/t17-,18-,19+,22+;17-,18-,19-,22?/m00/s1. The summed E-state index contributed by atoms with van der Waals surface area (Å²) >= 11 is 0. The number of aryl methyl sites for hydroxylation is 2. The summed E-state index contributed by atoms with van der Waals surface area (Å²) in [6.07, 6.45) is 10.3. The molecule has 1 unspecified atom stereocenters. The molecular weight excluding hydrogens is 1040 g/mol. The second kappa shape index (κ2) is 23.8. The van der Waals surface area contributed by atoms with Crippen LogP contribution in [0.5, 0.6) is 23.0 Å². The van der Waals surface area contributed by atoms with E-state index in [1.165, 1.54) is 0 Å². The summed E-state index contributed by atoms with van der Waals surface area (Å²) < 4.78 is 98.4. The van der Waals surface area contributed by atoms with Crippen molar-refractivity contribution in [3.05, 3.63) is 95.6 Å². The molecule has 2 aromatic carbocycles. The fraction of sp³-hybridized carbons (Fsp3) is 0.538. The molecule has 0 saturated carbocycles. The first-order chi connectivity index (χ1) is 37.5. The molecule has 24 nitrogen and oxygen atoms in total. The number of rotatable bonds is 18. The fourth-order valence-corrected chi connectivity index (χ4v) is 12.8. The van der Waals surface area contributed by atoms with Crippen molar-refractivity contribution in [2.75, 3.05) is 77.3 Å². The summed E-state index contributed by atoms with van der Waals surface area (Å²) in [7, 11) is -1.74. The molecule has 26 heteroatoms. The molecule has 4 aliphatic rings. The van der Waals surface area contributed by atoms with Gasteiger partial charge in [0.15, 0.2) is 11.6 Å². The van der Waals surface area contributed by atoms with Gasteiger partial charge in [0.05, 0.1) is 52.2 Å². The van der Waals surface area contributed by atoms with E-state index < -0.39 is 54.6 Å². The molecule has 0 radical (unpaired) electrons. The van der Waals surface area contributed by atoms with Crippen LogP contribution in [0, 0.1) is 13.8 Å². The Hall–Kier alpha value is -6.58. The fourth-order valence-electron chi connectivity index (χ4n) is 10.3. The van der Waals surface area contributed by atoms with Crippen LogP contribution in [0.2, 0.25) is 0 Å². The van der Waals surface area contributed by atoms with Crippen LogP contribution in [0.1, 0.15) is 112 Å². The molecule has 0 aliphatic carbocycles. The maximum Gasteiger partial charge on any atom is 0.243 e. The quantitative estimate of drug-likeness (QED) is 0.104. The van der Waals surface area contributed by atoms with Crippen molar-refractivity contribution in [3.63, 3.8) is 0 Å². The molecule has 420 valence electrons. The number of aromatic nitrogens is 10. The summed E-state index contributed by atoms with van der Waals surface area (Å²) in [5, 5.41) is 15.7. The molecule has 4 aromatic heterocycles. The number of hydrogen-bond donors (Lipinski definition) is 2. The molecule has 0 spiro atoms. The van der Waals surface area contributed by atoms with E-state index in [-0.39, 0.29) is 11.9 Å². The lowest BCUT2D eigenvalue weighted by Gasteiger charge is -2.34. The Morgan fingerprint density at radius 1 is 0.551 bits per heavy atom. The van der Waals surface area contributed by atoms with Gasteiger partial charge in [-0.05, 0) is 102 Å². The number of methoxy groups -OCH3 is 4. The zero-order valence-electron chi connectivity index (χ0n) is 45.7. The maximum absolute atomic E-state index is 13.7. The van der Waals surface area contributed by atoms with Gasteiger partial charge in [-0.25, -0.2) is 36.8 Å². The van der Waals surface area contributed by atoms with Crippen LogP contribution < -0.4 is 28.4 Å². The third-order valence-corrected chi connectivity index (χ3v) is 19.0. The van der Waals surface area contributed by atoms with Crippen LogP contribution in [-0.2, 0) is 29.5 Å². The smallest absolute Gasteiger partial charge is 0.243 e. The lowest BCUT2D eigenvalue weighted by Crippen LogP contribution is -2.43. The van der Waals surface area contributed by atoms with Gasteiger partial charge in [0.25, 0.3) is 0 Å². The second-order valence-corrected chi connectivity index (χ2v) is 24.3. The number of anilines is 2. The number of nitrogens with zero attached hydrogens (tertiary/aromatic N) is 12. The van der Waals surface area contributed by atoms with Gasteiger partial charge in [0, 0.05) is 61.8 Å². The molecule has 4 saturated heterocycles. The van der Waals surface area contributed by atoms with Gasteiger partial charge >= 0.3 is 0 Å². The van der Waals surface area contributed by atoms with Crippen LogP contribution in [0.4, 0.5) is 11.9 Å². The van der Waals surface area contributed by atoms with Crippen molar-refractivity contribution in [2.45, 2.75) is 114 Å². The third-order valence-electron chi connectivity index (χ3n) is 15.3. The van der Waals surface area contributed by atoms with Gasteiger partial charge in [0.2, 0.25) is 31.9 Å². The summed E-state index contributed by atoms with van der Waals surface area (Å²) in [5.74, 6) is 2.79. The molecule has 10 rings (SSSR count). The number of fused-ring (bicyclic) bond motifs is 2. The van der Waals surface area contributed by atoms with Crippen molar-refractivity contribution >= 4 is 31.9 Å². The molecule has 6 aromatic rings. The third kappa shape index (κ3) is 11.6. The summed E-state index contributed by atoms with van der Waals surface area (Å²) in [5.41, 5.74) is 2.76. The van der Waals surface area contributed by atoms with Gasteiger partial charge < -0.3 is 28.4 Å². The molecule has 2 N–H and O–H groups in total. The Labute approximate surface area is 455 Å². The second-order valence-electron chi connectivity index (χ2n) is 20.2. The predicted molar refractivity (Wildman–Crippen MR) is 290 cm³/mol. The molecular formula is C52H70N14O10S2. The Balaban J connectivity index is 0.000000190. The first kappa shape index (κ1) is 56.2. The van der Waals surface area contributed by atoms with Crippen LogP contribution >= 0.6 is 0 Å². The van der Waals surface area contributed by atoms with Crippen LogP contribution in [0.25, 0.3) is 11.4 Å². The van der Waals surface area contributed by atoms with Gasteiger partial charge in [-0.2, -0.15) is 0 Å². The molecule has 4 fully saturated rings. The zero-order valence-corrected chi connectivity index (χ0v) is 47.4. The highest BCUT2D eigenvalue weighted by Crippen LogP contribution is 2.41. The monoisotopic (exact) mass is 1110 g/mol. The summed E-state index contributed by atoms with van der Waals surface area (Å²) in [4.78, 5) is 22.1. The van der Waals surface area contributed by atoms with E-state index in [0.29, 0.717) is 96.1 Å². The van der Waals surface area contributed by atoms with Crippen molar-refractivity contribution in [1.82, 2.24) is 59.3 Å². The van der Waals surface area contributed by atoms with Gasteiger partial charge in [-0.1, -0.05) is 26.0 Å². The zero-order chi connectivity index (χ0) is 55.5. The Morgan fingerprint density at radius 2 is 0.897 bits per heavy atom.